The van der Waals surface area contributed by atoms with Gasteiger partial charge in [0, 0.05) is 18.3 Å². The molecule has 0 saturated heterocycles. The van der Waals surface area contributed by atoms with Crippen LogP contribution in [0.5, 0.6) is 5.75 Å². The second-order valence-corrected chi connectivity index (χ2v) is 3.97. The zero-order valence-electron chi connectivity index (χ0n) is 10.6. The maximum atomic E-state index is 12.2. The largest absolute Gasteiger partial charge is 0.497 e. The number of hydrogen-bond acceptors (Lipinski definition) is 3. The van der Waals surface area contributed by atoms with Crippen LogP contribution in [0.1, 0.15) is 18.2 Å². The lowest BCUT2D eigenvalue weighted by atomic mass is 10.2. The van der Waals surface area contributed by atoms with Gasteiger partial charge in [-0.2, -0.15) is 0 Å². The molecular formula is C13H17N3O2. The third-order valence-corrected chi connectivity index (χ3v) is 2.94. The molecule has 0 radical (unpaired) electrons. The molecule has 0 saturated carbocycles. The van der Waals surface area contributed by atoms with Crippen LogP contribution < -0.4 is 16.0 Å². The van der Waals surface area contributed by atoms with E-state index < -0.39 is 0 Å². The van der Waals surface area contributed by atoms with Crippen LogP contribution in [0.2, 0.25) is 0 Å². The Kier molecular flexibility index (Phi) is 3.53. The normalized spacial score (nSPS) is 10.6. The monoisotopic (exact) mass is 247 g/mol. The predicted octanol–water partition coefficient (Wildman–Crippen LogP) is 1.20. The van der Waals surface area contributed by atoms with E-state index in [1.807, 2.05) is 25.1 Å². The van der Waals surface area contributed by atoms with Crippen LogP contribution in [0.3, 0.4) is 0 Å². The fourth-order valence-electron chi connectivity index (χ4n) is 1.95. The van der Waals surface area contributed by atoms with Crippen molar-refractivity contribution in [2.45, 2.75) is 19.9 Å². The Labute approximate surface area is 105 Å². The van der Waals surface area contributed by atoms with Crippen LogP contribution >= 0.6 is 0 Å². The van der Waals surface area contributed by atoms with E-state index in [-0.39, 0.29) is 12.1 Å². The summed E-state index contributed by atoms with van der Waals surface area (Å²) in [6.07, 6.45) is 0.749. The number of aryl methyl sites for hydroxylation is 1. The van der Waals surface area contributed by atoms with Gasteiger partial charge >= 0.3 is 0 Å². The van der Waals surface area contributed by atoms with Crippen LogP contribution in [0.4, 0.5) is 0 Å². The highest BCUT2D eigenvalue weighted by Gasteiger charge is 2.12. The van der Waals surface area contributed by atoms with E-state index in [0.717, 1.165) is 17.8 Å². The lowest BCUT2D eigenvalue weighted by molar-refractivity contribution is 0.414. The molecule has 0 amide bonds. The first-order valence-electron chi connectivity index (χ1n) is 5.88. The van der Waals surface area contributed by atoms with Gasteiger partial charge in [0.2, 0.25) is 0 Å². The van der Waals surface area contributed by atoms with Crippen molar-refractivity contribution in [1.29, 1.82) is 0 Å². The third kappa shape index (κ3) is 2.04. The van der Waals surface area contributed by atoms with Gasteiger partial charge in [0.1, 0.15) is 5.75 Å². The molecule has 0 aliphatic heterocycles. The molecule has 2 aromatic rings. The molecule has 3 N–H and O–H groups in total. The Bertz CT molecular complexity index is 599. The number of ether oxygens (including phenoxy) is 1. The van der Waals surface area contributed by atoms with E-state index in [1.165, 1.54) is 4.68 Å². The van der Waals surface area contributed by atoms with Crippen LogP contribution in [0.25, 0.3) is 5.69 Å². The second kappa shape index (κ2) is 5.10. The lowest BCUT2D eigenvalue weighted by Crippen LogP contribution is -2.19. The van der Waals surface area contributed by atoms with Gasteiger partial charge in [0.25, 0.3) is 5.56 Å². The fourth-order valence-corrected chi connectivity index (χ4v) is 1.95. The van der Waals surface area contributed by atoms with E-state index in [1.54, 1.807) is 13.2 Å². The minimum absolute atomic E-state index is 0.0948. The zero-order chi connectivity index (χ0) is 13.1. The van der Waals surface area contributed by atoms with E-state index in [0.29, 0.717) is 11.3 Å². The summed E-state index contributed by atoms with van der Waals surface area (Å²) in [7, 11) is 1.60. The number of H-pyrrole nitrogens is 1. The zero-order valence-corrected chi connectivity index (χ0v) is 10.6. The summed E-state index contributed by atoms with van der Waals surface area (Å²) >= 11 is 0. The number of hydrogen-bond donors (Lipinski definition) is 2. The van der Waals surface area contributed by atoms with Gasteiger partial charge in [0.05, 0.1) is 18.4 Å². The molecule has 1 heterocycles. The first-order chi connectivity index (χ1) is 8.71. The molecule has 0 bridgehead atoms. The maximum absolute atomic E-state index is 12.2. The first-order valence-corrected chi connectivity index (χ1v) is 5.88. The van der Waals surface area contributed by atoms with E-state index in [4.69, 9.17) is 10.5 Å². The third-order valence-electron chi connectivity index (χ3n) is 2.94. The Morgan fingerprint density at radius 3 is 2.78 bits per heavy atom. The molecule has 0 atom stereocenters. The molecule has 0 fully saturated rings. The number of nitrogens with two attached hydrogens (primary N) is 1. The highest BCUT2D eigenvalue weighted by atomic mass is 16.5. The quantitative estimate of drug-likeness (QED) is 0.852. The minimum Gasteiger partial charge on any atom is -0.497 e. The van der Waals surface area contributed by atoms with Crippen LogP contribution in [0, 0.1) is 0 Å². The lowest BCUT2D eigenvalue weighted by Gasteiger charge is -2.04. The van der Waals surface area contributed by atoms with Crippen molar-refractivity contribution in [3.8, 4) is 11.4 Å². The standard InChI is InChI=1S/C13H17N3O2/c1-3-12-11(8-14)13(17)16(15-12)9-5-4-6-10(7-9)18-2/h4-7,15H,3,8,14H2,1-2H3. The average molecular weight is 247 g/mol. The van der Waals surface area contributed by atoms with Crippen molar-refractivity contribution in [3.05, 3.63) is 45.9 Å². The molecular weight excluding hydrogens is 230 g/mol. The van der Waals surface area contributed by atoms with Crippen molar-refractivity contribution in [2.75, 3.05) is 7.11 Å². The van der Waals surface area contributed by atoms with Gasteiger partial charge in [0.15, 0.2) is 0 Å². The summed E-state index contributed by atoms with van der Waals surface area (Å²) in [6.45, 7) is 2.23. The highest BCUT2D eigenvalue weighted by Crippen LogP contribution is 2.15. The van der Waals surface area contributed by atoms with Crippen LogP contribution in [-0.2, 0) is 13.0 Å². The first kappa shape index (κ1) is 12.4. The number of aromatic amines is 1. The molecule has 0 aliphatic carbocycles. The fraction of sp³-hybridized carbons (Fsp3) is 0.308. The van der Waals surface area contributed by atoms with Crippen molar-refractivity contribution < 1.29 is 4.74 Å². The molecule has 18 heavy (non-hydrogen) atoms. The van der Waals surface area contributed by atoms with E-state index in [9.17, 15) is 4.79 Å². The molecule has 96 valence electrons. The van der Waals surface area contributed by atoms with Gasteiger partial charge in [-0.15, -0.1) is 0 Å². The number of nitrogens with zero attached hydrogens (tertiary/aromatic N) is 1. The molecule has 2 rings (SSSR count). The Balaban J connectivity index is 2.57. The highest BCUT2D eigenvalue weighted by molar-refractivity contribution is 5.39. The molecule has 0 unspecified atom stereocenters. The minimum atomic E-state index is -0.0948. The number of rotatable bonds is 4. The number of benzene rings is 1. The topological polar surface area (TPSA) is 73.0 Å². The predicted molar refractivity (Wildman–Crippen MR) is 70.2 cm³/mol. The van der Waals surface area contributed by atoms with E-state index >= 15 is 0 Å². The van der Waals surface area contributed by atoms with Crippen molar-refractivity contribution in [1.82, 2.24) is 9.78 Å². The summed E-state index contributed by atoms with van der Waals surface area (Å²) in [5.74, 6) is 0.710. The van der Waals surface area contributed by atoms with Crippen molar-refractivity contribution >= 4 is 0 Å². The van der Waals surface area contributed by atoms with E-state index in [2.05, 4.69) is 5.10 Å². The summed E-state index contributed by atoms with van der Waals surface area (Å²) in [6, 6.07) is 7.33. The van der Waals surface area contributed by atoms with Gasteiger partial charge in [-0.3, -0.25) is 9.89 Å². The molecule has 5 nitrogen and oxygen atoms in total. The number of methoxy groups -OCH3 is 1. The van der Waals surface area contributed by atoms with Gasteiger partial charge in [-0.1, -0.05) is 13.0 Å². The Morgan fingerprint density at radius 1 is 1.44 bits per heavy atom. The number of aromatic nitrogens is 2. The van der Waals surface area contributed by atoms with Crippen LogP contribution in [0.15, 0.2) is 29.1 Å². The average Bonchev–Trinajstić information content (AvgIpc) is 2.75. The Hall–Kier alpha value is -2.01. The molecule has 1 aromatic heterocycles. The second-order valence-electron chi connectivity index (χ2n) is 3.97. The summed E-state index contributed by atoms with van der Waals surface area (Å²) in [4.78, 5) is 12.2. The molecule has 0 aliphatic rings. The summed E-state index contributed by atoms with van der Waals surface area (Å²) in [5, 5.41) is 3.09. The van der Waals surface area contributed by atoms with Gasteiger partial charge < -0.3 is 10.5 Å². The molecule has 1 aromatic carbocycles. The van der Waals surface area contributed by atoms with Crippen molar-refractivity contribution in [2.24, 2.45) is 5.73 Å². The molecule has 5 heteroatoms. The maximum Gasteiger partial charge on any atom is 0.275 e. The number of nitrogens with one attached hydrogen (secondary N) is 1. The van der Waals surface area contributed by atoms with Crippen molar-refractivity contribution in [3.63, 3.8) is 0 Å². The molecule has 0 spiro atoms. The SMILES string of the molecule is CCc1[nH]n(-c2cccc(OC)c2)c(=O)c1CN. The van der Waals surface area contributed by atoms with Crippen LogP contribution in [-0.4, -0.2) is 16.9 Å². The smallest absolute Gasteiger partial charge is 0.275 e. The van der Waals surface area contributed by atoms with Gasteiger partial charge in [-0.25, -0.2) is 4.68 Å². The Morgan fingerprint density at radius 2 is 2.22 bits per heavy atom. The van der Waals surface area contributed by atoms with Gasteiger partial charge in [-0.05, 0) is 18.6 Å². The summed E-state index contributed by atoms with van der Waals surface area (Å²) in [5.41, 5.74) is 7.79. The summed E-state index contributed by atoms with van der Waals surface area (Å²) < 4.78 is 6.66.